The fourth-order valence-corrected chi connectivity index (χ4v) is 5.37. The first-order chi connectivity index (χ1) is 17.2. The molecule has 7 heteroatoms. The third-order valence-electron chi connectivity index (χ3n) is 6.19. The number of ketones is 1. The molecular formula is C30H31NO5S. The van der Waals surface area contributed by atoms with Crippen molar-refractivity contribution in [2.45, 2.75) is 57.3 Å². The zero-order chi connectivity index (χ0) is 27.2. The van der Waals surface area contributed by atoms with Crippen molar-refractivity contribution in [2.24, 2.45) is 0 Å². The highest BCUT2D eigenvalue weighted by Crippen LogP contribution is 2.32. The summed E-state index contributed by atoms with van der Waals surface area (Å²) in [5.74, 6) is -0.525. The van der Waals surface area contributed by atoms with Gasteiger partial charge in [-0.3, -0.25) is 9.52 Å². The van der Waals surface area contributed by atoms with E-state index in [0.29, 0.717) is 16.5 Å². The largest absolute Gasteiger partial charge is 0.422 e. The summed E-state index contributed by atoms with van der Waals surface area (Å²) in [4.78, 5) is 27.0. The monoisotopic (exact) mass is 517 g/mol. The van der Waals surface area contributed by atoms with Crippen LogP contribution in [0.1, 0.15) is 68.6 Å². The Bertz CT molecular complexity index is 1650. The molecule has 0 bridgehead atoms. The second-order valence-corrected chi connectivity index (χ2v) is 12.9. The molecule has 6 nitrogen and oxygen atoms in total. The van der Waals surface area contributed by atoms with Crippen LogP contribution in [-0.4, -0.2) is 14.2 Å². The number of anilines is 1. The van der Waals surface area contributed by atoms with Crippen LogP contribution in [0.3, 0.4) is 0 Å². The Hall–Kier alpha value is -3.71. The van der Waals surface area contributed by atoms with Crippen molar-refractivity contribution in [3.8, 4) is 0 Å². The third-order valence-corrected chi connectivity index (χ3v) is 7.59. The van der Waals surface area contributed by atoms with Crippen LogP contribution in [0.4, 0.5) is 5.69 Å². The van der Waals surface area contributed by atoms with E-state index in [1.54, 1.807) is 42.5 Å². The van der Waals surface area contributed by atoms with Gasteiger partial charge in [-0.15, -0.1) is 0 Å². The molecule has 192 valence electrons. The summed E-state index contributed by atoms with van der Waals surface area (Å²) in [5, 5.41) is 0.647. The lowest BCUT2D eigenvalue weighted by Crippen LogP contribution is -2.22. The maximum absolute atomic E-state index is 13.8. The van der Waals surface area contributed by atoms with Gasteiger partial charge in [0.2, 0.25) is 5.78 Å². The van der Waals surface area contributed by atoms with Crippen LogP contribution >= 0.6 is 0 Å². The van der Waals surface area contributed by atoms with Gasteiger partial charge < -0.3 is 4.42 Å². The Morgan fingerprint density at radius 1 is 0.757 bits per heavy atom. The van der Waals surface area contributed by atoms with E-state index in [-0.39, 0.29) is 27.1 Å². The lowest BCUT2D eigenvalue weighted by Gasteiger charge is -2.23. The van der Waals surface area contributed by atoms with Gasteiger partial charge in [0.15, 0.2) is 0 Å². The number of sulfonamides is 1. The molecule has 0 unspecified atom stereocenters. The predicted molar refractivity (Wildman–Crippen MR) is 147 cm³/mol. The van der Waals surface area contributed by atoms with Gasteiger partial charge in [-0.05, 0) is 46.7 Å². The molecule has 0 saturated heterocycles. The summed E-state index contributed by atoms with van der Waals surface area (Å²) in [7, 11) is -3.87. The lowest BCUT2D eigenvalue weighted by molar-refractivity contribution is 0.103. The first-order valence-corrected chi connectivity index (χ1v) is 13.5. The molecule has 0 aliphatic rings. The molecule has 1 heterocycles. The molecule has 4 aromatic rings. The summed E-state index contributed by atoms with van der Waals surface area (Å²) in [6, 6.07) is 20.0. The van der Waals surface area contributed by atoms with Crippen molar-refractivity contribution in [3.63, 3.8) is 0 Å². The lowest BCUT2D eigenvalue weighted by atomic mass is 9.81. The van der Waals surface area contributed by atoms with E-state index < -0.39 is 26.8 Å². The van der Waals surface area contributed by atoms with E-state index >= 15 is 0 Å². The van der Waals surface area contributed by atoms with Crippen LogP contribution in [0.15, 0.2) is 86.9 Å². The van der Waals surface area contributed by atoms with Crippen LogP contribution in [0, 0.1) is 0 Å². The number of carbonyl (C=O) groups is 1. The van der Waals surface area contributed by atoms with Gasteiger partial charge in [-0.2, -0.15) is 0 Å². The second kappa shape index (κ2) is 9.30. The number of fused-ring (bicyclic) bond motifs is 1. The summed E-state index contributed by atoms with van der Waals surface area (Å²) in [6.45, 7) is 11.9. The first-order valence-electron chi connectivity index (χ1n) is 12.0. The van der Waals surface area contributed by atoms with E-state index in [0.717, 1.165) is 5.56 Å². The predicted octanol–water partition coefficient (Wildman–Crippen LogP) is 6.42. The number of benzene rings is 3. The fourth-order valence-electron chi connectivity index (χ4n) is 4.30. The molecule has 3 aromatic carbocycles. The van der Waals surface area contributed by atoms with Crippen LogP contribution in [0.2, 0.25) is 0 Å². The average Bonchev–Trinajstić information content (AvgIpc) is 2.81. The molecule has 0 atom stereocenters. The fraction of sp³-hybridized carbons (Fsp3) is 0.267. The number of para-hydroxylation sites is 1. The van der Waals surface area contributed by atoms with Gasteiger partial charge in [0.05, 0.1) is 4.90 Å². The van der Waals surface area contributed by atoms with Gasteiger partial charge in [-0.25, -0.2) is 13.2 Å². The van der Waals surface area contributed by atoms with E-state index in [1.165, 1.54) is 18.2 Å². The average molecular weight is 518 g/mol. The maximum Gasteiger partial charge on any atom is 0.347 e. The zero-order valence-electron chi connectivity index (χ0n) is 21.9. The summed E-state index contributed by atoms with van der Waals surface area (Å²) in [6.07, 6.45) is 0. The quantitative estimate of drug-likeness (QED) is 0.244. The third kappa shape index (κ3) is 5.37. The summed E-state index contributed by atoms with van der Waals surface area (Å²) in [5.41, 5.74) is 0.924. The number of hydrogen-bond donors (Lipinski definition) is 1. The molecular weight excluding hydrogens is 486 g/mol. The Morgan fingerprint density at radius 2 is 1.41 bits per heavy atom. The maximum atomic E-state index is 13.8. The molecule has 1 aromatic heterocycles. The van der Waals surface area contributed by atoms with Crippen LogP contribution in [-0.2, 0) is 20.9 Å². The molecule has 0 spiro atoms. The summed E-state index contributed by atoms with van der Waals surface area (Å²) >= 11 is 0. The SMILES string of the molecule is CC(C)(C)c1ccc(NS(=O)(=O)c2ccccc2)cc1C(=O)c1cc2cccc(C(C)(C)C)c2oc1=O. The van der Waals surface area contributed by atoms with Crippen molar-refractivity contribution < 1.29 is 17.6 Å². The topological polar surface area (TPSA) is 93.4 Å². The smallest absolute Gasteiger partial charge is 0.347 e. The summed E-state index contributed by atoms with van der Waals surface area (Å²) < 4.78 is 34.0. The molecule has 0 saturated carbocycles. The van der Waals surface area contributed by atoms with Crippen molar-refractivity contribution in [1.82, 2.24) is 0 Å². The van der Waals surface area contributed by atoms with Gasteiger partial charge >= 0.3 is 5.63 Å². The molecule has 0 aliphatic heterocycles. The Labute approximate surface area is 217 Å². The minimum absolute atomic E-state index is 0.104. The van der Waals surface area contributed by atoms with E-state index in [4.69, 9.17) is 4.42 Å². The molecule has 0 amide bonds. The van der Waals surface area contributed by atoms with Gasteiger partial charge in [0.1, 0.15) is 11.1 Å². The van der Waals surface area contributed by atoms with Gasteiger partial charge in [0.25, 0.3) is 10.0 Å². The normalized spacial score (nSPS) is 12.5. The highest BCUT2D eigenvalue weighted by Gasteiger charge is 2.27. The molecule has 0 fully saturated rings. The van der Waals surface area contributed by atoms with Crippen molar-refractivity contribution >= 4 is 32.5 Å². The standard InChI is InChI=1S/C30H31NO5S/c1-29(2,3)24-16-15-20(31-37(34,35)21-12-8-7-9-13-21)18-22(24)26(32)23-17-19-11-10-14-25(30(4,5)6)27(19)36-28(23)33/h7-18,31H,1-6H3. The van der Waals surface area contributed by atoms with Gasteiger partial charge in [-0.1, -0.05) is 84.0 Å². The Balaban J connectivity index is 1.84. The molecule has 0 aliphatic carbocycles. The van der Waals surface area contributed by atoms with E-state index in [2.05, 4.69) is 4.72 Å². The Morgan fingerprint density at radius 3 is 2.03 bits per heavy atom. The zero-order valence-corrected chi connectivity index (χ0v) is 22.7. The first kappa shape index (κ1) is 26.4. The van der Waals surface area contributed by atoms with E-state index in [1.807, 2.05) is 53.7 Å². The van der Waals surface area contributed by atoms with Crippen LogP contribution in [0.25, 0.3) is 11.0 Å². The minimum atomic E-state index is -3.87. The molecule has 1 N–H and O–H groups in total. The van der Waals surface area contributed by atoms with Gasteiger partial charge in [0, 0.05) is 22.2 Å². The van der Waals surface area contributed by atoms with Crippen molar-refractivity contribution in [3.05, 3.63) is 105 Å². The van der Waals surface area contributed by atoms with Crippen molar-refractivity contribution in [1.29, 1.82) is 0 Å². The number of hydrogen-bond acceptors (Lipinski definition) is 5. The highest BCUT2D eigenvalue weighted by molar-refractivity contribution is 7.92. The van der Waals surface area contributed by atoms with E-state index in [9.17, 15) is 18.0 Å². The second-order valence-electron chi connectivity index (χ2n) is 11.2. The minimum Gasteiger partial charge on any atom is -0.422 e. The molecule has 0 radical (unpaired) electrons. The van der Waals surface area contributed by atoms with Crippen LogP contribution < -0.4 is 10.3 Å². The number of rotatable bonds is 5. The number of carbonyl (C=O) groups excluding carboxylic acids is 1. The molecule has 4 rings (SSSR count). The Kier molecular flexibility index (Phi) is 6.63. The highest BCUT2D eigenvalue weighted by atomic mass is 32.2. The number of nitrogens with one attached hydrogen (secondary N) is 1. The van der Waals surface area contributed by atoms with Crippen LogP contribution in [0.5, 0.6) is 0 Å². The van der Waals surface area contributed by atoms with Crippen molar-refractivity contribution in [2.75, 3.05) is 4.72 Å². The molecule has 37 heavy (non-hydrogen) atoms.